The van der Waals surface area contributed by atoms with Crippen LogP contribution in [-0.2, 0) is 4.74 Å². The van der Waals surface area contributed by atoms with Gasteiger partial charge in [-0.1, -0.05) is 29.8 Å². The van der Waals surface area contributed by atoms with Gasteiger partial charge in [0.2, 0.25) is 0 Å². The molecular formula is C19H32IN3O. The van der Waals surface area contributed by atoms with Gasteiger partial charge in [0.15, 0.2) is 5.96 Å². The third kappa shape index (κ3) is 6.59. The molecule has 1 aliphatic heterocycles. The Balaban J connectivity index is 0.00000288. The van der Waals surface area contributed by atoms with E-state index in [1.54, 1.807) is 0 Å². The van der Waals surface area contributed by atoms with Crippen molar-refractivity contribution in [2.45, 2.75) is 52.7 Å². The molecule has 1 aromatic carbocycles. The molecule has 0 aromatic heterocycles. The Morgan fingerprint density at radius 1 is 1.29 bits per heavy atom. The Hall–Kier alpha value is -0.820. The molecule has 1 fully saturated rings. The zero-order valence-corrected chi connectivity index (χ0v) is 17.7. The first-order valence-corrected chi connectivity index (χ1v) is 8.83. The Labute approximate surface area is 163 Å². The molecule has 4 nitrogen and oxygen atoms in total. The molecule has 136 valence electrons. The van der Waals surface area contributed by atoms with Crippen LogP contribution in [0, 0.1) is 12.8 Å². The lowest BCUT2D eigenvalue weighted by Gasteiger charge is -2.31. The zero-order chi connectivity index (χ0) is 16.7. The van der Waals surface area contributed by atoms with Gasteiger partial charge in [-0.05, 0) is 46.1 Å². The van der Waals surface area contributed by atoms with E-state index < -0.39 is 0 Å². The summed E-state index contributed by atoms with van der Waals surface area (Å²) < 4.78 is 6.08. The standard InChI is InChI=1S/C19H31N3O.HI/c1-5-20-19(22-14(2)3)21-13-17-7-6-12-23-18(17)16-10-8-15(4)9-11-16;/h8-11,14,17-18H,5-7,12-13H2,1-4H3,(H2,20,21,22);1H. The molecule has 2 N–H and O–H groups in total. The highest BCUT2D eigenvalue weighted by Gasteiger charge is 2.27. The molecule has 5 heteroatoms. The summed E-state index contributed by atoms with van der Waals surface area (Å²) in [6.07, 6.45) is 2.45. The zero-order valence-electron chi connectivity index (χ0n) is 15.3. The van der Waals surface area contributed by atoms with E-state index in [-0.39, 0.29) is 30.1 Å². The molecule has 2 atom stereocenters. The summed E-state index contributed by atoms with van der Waals surface area (Å²) >= 11 is 0. The molecule has 2 rings (SSSR count). The second kappa shape index (κ2) is 10.9. The summed E-state index contributed by atoms with van der Waals surface area (Å²) in [5, 5.41) is 6.69. The molecule has 1 aromatic rings. The molecule has 2 unspecified atom stereocenters. The highest BCUT2D eigenvalue weighted by atomic mass is 127. The summed E-state index contributed by atoms with van der Waals surface area (Å²) in [6.45, 7) is 11.0. The Kier molecular flexibility index (Phi) is 9.66. The van der Waals surface area contributed by atoms with Crippen LogP contribution in [-0.4, -0.2) is 31.7 Å². The lowest BCUT2D eigenvalue weighted by Crippen LogP contribution is -2.41. The van der Waals surface area contributed by atoms with Gasteiger partial charge in [0.05, 0.1) is 6.10 Å². The minimum Gasteiger partial charge on any atom is -0.373 e. The molecule has 24 heavy (non-hydrogen) atoms. The van der Waals surface area contributed by atoms with Gasteiger partial charge in [0, 0.05) is 31.7 Å². The van der Waals surface area contributed by atoms with Crippen LogP contribution in [0.5, 0.6) is 0 Å². The third-order valence-electron chi connectivity index (χ3n) is 4.10. The summed E-state index contributed by atoms with van der Waals surface area (Å²) in [6, 6.07) is 9.10. The van der Waals surface area contributed by atoms with Crippen molar-refractivity contribution < 1.29 is 4.74 Å². The topological polar surface area (TPSA) is 45.7 Å². The number of nitrogens with zero attached hydrogens (tertiary/aromatic N) is 1. The van der Waals surface area contributed by atoms with Crippen LogP contribution in [0.3, 0.4) is 0 Å². The van der Waals surface area contributed by atoms with Crippen molar-refractivity contribution in [2.24, 2.45) is 10.9 Å². The average molecular weight is 445 g/mol. The number of hydrogen-bond acceptors (Lipinski definition) is 2. The van der Waals surface area contributed by atoms with Gasteiger partial charge in [-0.25, -0.2) is 0 Å². The lowest BCUT2D eigenvalue weighted by molar-refractivity contribution is -0.0250. The molecule has 1 aliphatic rings. The van der Waals surface area contributed by atoms with Crippen LogP contribution < -0.4 is 10.6 Å². The predicted octanol–water partition coefficient (Wildman–Crippen LogP) is 4.04. The van der Waals surface area contributed by atoms with Crippen LogP contribution in [0.25, 0.3) is 0 Å². The summed E-state index contributed by atoms with van der Waals surface area (Å²) in [5.41, 5.74) is 2.56. The number of rotatable bonds is 5. The van der Waals surface area contributed by atoms with E-state index in [9.17, 15) is 0 Å². The monoisotopic (exact) mass is 445 g/mol. The molecule has 0 spiro atoms. The Bertz CT molecular complexity index is 502. The minimum atomic E-state index is 0. The van der Waals surface area contributed by atoms with Crippen molar-refractivity contribution in [3.63, 3.8) is 0 Å². The fourth-order valence-corrected chi connectivity index (χ4v) is 2.96. The first-order chi connectivity index (χ1) is 11.1. The van der Waals surface area contributed by atoms with E-state index in [1.807, 2.05) is 0 Å². The van der Waals surface area contributed by atoms with Gasteiger partial charge in [0.1, 0.15) is 0 Å². The minimum absolute atomic E-state index is 0. The molecule has 0 amide bonds. The Morgan fingerprint density at radius 3 is 2.62 bits per heavy atom. The number of hydrogen-bond donors (Lipinski definition) is 2. The van der Waals surface area contributed by atoms with Crippen molar-refractivity contribution in [1.29, 1.82) is 0 Å². The number of ether oxygens (including phenoxy) is 1. The van der Waals surface area contributed by atoms with E-state index in [2.05, 4.69) is 62.6 Å². The van der Waals surface area contributed by atoms with E-state index in [0.29, 0.717) is 12.0 Å². The predicted molar refractivity (Wildman–Crippen MR) is 112 cm³/mol. The second-order valence-corrected chi connectivity index (χ2v) is 6.62. The van der Waals surface area contributed by atoms with Gasteiger partial charge in [0.25, 0.3) is 0 Å². The average Bonchev–Trinajstić information content (AvgIpc) is 2.53. The van der Waals surface area contributed by atoms with Crippen molar-refractivity contribution in [3.05, 3.63) is 35.4 Å². The maximum Gasteiger partial charge on any atom is 0.191 e. The van der Waals surface area contributed by atoms with Crippen LogP contribution >= 0.6 is 24.0 Å². The number of aryl methyl sites for hydroxylation is 1. The normalized spacial score (nSPS) is 21.3. The smallest absolute Gasteiger partial charge is 0.191 e. The Morgan fingerprint density at radius 2 is 2.00 bits per heavy atom. The maximum atomic E-state index is 6.08. The molecule has 0 saturated carbocycles. The van der Waals surface area contributed by atoms with E-state index in [0.717, 1.165) is 32.1 Å². The van der Waals surface area contributed by atoms with Crippen LogP contribution in [0.1, 0.15) is 50.8 Å². The highest BCUT2D eigenvalue weighted by Crippen LogP contribution is 2.33. The number of guanidine groups is 1. The largest absolute Gasteiger partial charge is 0.373 e. The van der Waals surface area contributed by atoms with E-state index in [1.165, 1.54) is 17.5 Å². The summed E-state index contributed by atoms with van der Waals surface area (Å²) in [7, 11) is 0. The van der Waals surface area contributed by atoms with Gasteiger partial charge in [-0.3, -0.25) is 4.99 Å². The number of nitrogens with one attached hydrogen (secondary N) is 2. The van der Waals surface area contributed by atoms with Crippen molar-refractivity contribution in [2.75, 3.05) is 19.7 Å². The van der Waals surface area contributed by atoms with Gasteiger partial charge < -0.3 is 15.4 Å². The number of benzene rings is 1. The van der Waals surface area contributed by atoms with Crippen molar-refractivity contribution in [3.8, 4) is 0 Å². The lowest BCUT2D eigenvalue weighted by atomic mass is 9.89. The van der Waals surface area contributed by atoms with Crippen LogP contribution in [0.4, 0.5) is 0 Å². The summed E-state index contributed by atoms with van der Waals surface area (Å²) in [5.74, 6) is 1.34. The van der Waals surface area contributed by atoms with Gasteiger partial charge in [-0.2, -0.15) is 0 Å². The first-order valence-electron chi connectivity index (χ1n) is 8.83. The molecule has 1 heterocycles. The van der Waals surface area contributed by atoms with Gasteiger partial charge >= 0.3 is 0 Å². The van der Waals surface area contributed by atoms with E-state index in [4.69, 9.17) is 9.73 Å². The summed E-state index contributed by atoms with van der Waals surface area (Å²) in [4.78, 5) is 4.79. The molecule has 0 radical (unpaired) electrons. The van der Waals surface area contributed by atoms with Gasteiger partial charge in [-0.15, -0.1) is 24.0 Å². The highest BCUT2D eigenvalue weighted by molar-refractivity contribution is 14.0. The number of aliphatic imine (C=N–C) groups is 1. The first kappa shape index (κ1) is 21.2. The number of halogens is 1. The second-order valence-electron chi connectivity index (χ2n) is 6.62. The quantitative estimate of drug-likeness (QED) is 0.409. The SMILES string of the molecule is CCNC(=NCC1CCCOC1c1ccc(C)cc1)NC(C)C.I. The van der Waals surface area contributed by atoms with E-state index >= 15 is 0 Å². The fourth-order valence-electron chi connectivity index (χ4n) is 2.96. The molecular weight excluding hydrogens is 413 g/mol. The van der Waals surface area contributed by atoms with Crippen molar-refractivity contribution >= 4 is 29.9 Å². The van der Waals surface area contributed by atoms with Crippen molar-refractivity contribution in [1.82, 2.24) is 10.6 Å². The fraction of sp³-hybridized carbons (Fsp3) is 0.632. The maximum absolute atomic E-state index is 6.08. The van der Waals surface area contributed by atoms with Crippen LogP contribution in [0.2, 0.25) is 0 Å². The molecule has 0 bridgehead atoms. The molecule has 1 saturated heterocycles. The molecule has 0 aliphatic carbocycles. The van der Waals surface area contributed by atoms with Crippen LogP contribution in [0.15, 0.2) is 29.3 Å². The third-order valence-corrected chi connectivity index (χ3v) is 4.10.